The largest absolute Gasteiger partial charge is 0.453 e. The molecule has 0 radical (unpaired) electrons. The van der Waals surface area contributed by atoms with Crippen molar-refractivity contribution in [3.63, 3.8) is 0 Å². The molecule has 0 fully saturated rings. The van der Waals surface area contributed by atoms with Crippen LogP contribution in [0.4, 0.5) is 4.39 Å². The zero-order valence-electron chi connectivity index (χ0n) is 16.5. The highest BCUT2D eigenvalue weighted by Gasteiger charge is 2.19. The quantitative estimate of drug-likeness (QED) is 0.516. The summed E-state index contributed by atoms with van der Waals surface area (Å²) in [6.45, 7) is 1.75. The normalized spacial score (nSPS) is 12.0. The number of ether oxygens (including phenoxy) is 1. The molecular weight excluding hydrogens is 444 g/mol. The van der Waals surface area contributed by atoms with E-state index in [-0.39, 0.29) is 50.9 Å². The molecule has 1 heterocycles. The monoisotopic (exact) mass is 459 g/mol. The molecule has 2 N–H and O–H groups in total. The second kappa shape index (κ2) is 9.60. The van der Waals surface area contributed by atoms with Gasteiger partial charge in [-0.2, -0.15) is 5.26 Å². The Labute approximate surface area is 187 Å². The number of nitriles is 1. The number of nitrogens with zero attached hydrogens (tertiary/aromatic N) is 4. The third-order valence-electron chi connectivity index (χ3n) is 4.21. The summed E-state index contributed by atoms with van der Waals surface area (Å²) in [5.74, 6) is -0.390. The van der Waals surface area contributed by atoms with Gasteiger partial charge in [0.25, 0.3) is 5.89 Å². The SMILES string of the molecule is CN=C(/C(C)=C\N)c1nnc(Cc2ccc(Cl)c(Oc3cc(Cl)cc(C#N)c3)c2F)o1. The van der Waals surface area contributed by atoms with Gasteiger partial charge >= 0.3 is 0 Å². The minimum Gasteiger partial charge on any atom is -0.453 e. The van der Waals surface area contributed by atoms with E-state index in [1.165, 1.54) is 36.5 Å². The topological polar surface area (TPSA) is 110 Å². The molecule has 0 aliphatic heterocycles. The van der Waals surface area contributed by atoms with Gasteiger partial charge in [0.05, 0.1) is 23.1 Å². The lowest BCUT2D eigenvalue weighted by molar-refractivity contribution is 0.436. The third-order valence-corrected chi connectivity index (χ3v) is 4.72. The summed E-state index contributed by atoms with van der Waals surface area (Å²) in [4.78, 5) is 4.09. The smallest absolute Gasteiger partial charge is 0.266 e. The first kappa shape index (κ1) is 22.3. The van der Waals surface area contributed by atoms with Crippen molar-refractivity contribution < 1.29 is 13.5 Å². The summed E-state index contributed by atoms with van der Waals surface area (Å²) in [5.41, 5.74) is 7.11. The Bertz CT molecular complexity index is 1230. The Morgan fingerprint density at radius 2 is 2.10 bits per heavy atom. The molecule has 0 saturated carbocycles. The molecule has 0 bridgehead atoms. The molecule has 31 heavy (non-hydrogen) atoms. The van der Waals surface area contributed by atoms with E-state index in [2.05, 4.69) is 15.2 Å². The molecule has 0 spiro atoms. The molecule has 2 aromatic carbocycles. The number of aliphatic imine (C=N–C) groups is 1. The highest BCUT2D eigenvalue weighted by molar-refractivity contribution is 6.32. The van der Waals surface area contributed by atoms with E-state index in [1.54, 1.807) is 14.0 Å². The van der Waals surface area contributed by atoms with Crippen molar-refractivity contribution in [2.24, 2.45) is 10.7 Å². The molecule has 3 aromatic rings. The number of hydrogen-bond donors (Lipinski definition) is 1. The lowest BCUT2D eigenvalue weighted by Crippen LogP contribution is -2.05. The highest BCUT2D eigenvalue weighted by Crippen LogP contribution is 2.35. The fraction of sp³-hybridized carbons (Fsp3) is 0.143. The second-order valence-corrected chi connectivity index (χ2v) is 7.18. The van der Waals surface area contributed by atoms with Crippen LogP contribution in [-0.4, -0.2) is 23.0 Å². The van der Waals surface area contributed by atoms with E-state index in [9.17, 15) is 0 Å². The van der Waals surface area contributed by atoms with E-state index in [4.69, 9.17) is 43.4 Å². The van der Waals surface area contributed by atoms with Gasteiger partial charge in [0, 0.05) is 17.6 Å². The summed E-state index contributed by atoms with van der Waals surface area (Å²) >= 11 is 12.1. The van der Waals surface area contributed by atoms with E-state index >= 15 is 4.39 Å². The molecule has 158 valence electrons. The molecule has 0 unspecified atom stereocenters. The van der Waals surface area contributed by atoms with Gasteiger partial charge in [0.15, 0.2) is 11.6 Å². The summed E-state index contributed by atoms with van der Waals surface area (Å²) in [6.07, 6.45) is 1.37. The van der Waals surface area contributed by atoms with E-state index in [0.717, 1.165) is 0 Å². The molecule has 3 rings (SSSR count). The highest BCUT2D eigenvalue weighted by atomic mass is 35.5. The van der Waals surface area contributed by atoms with Gasteiger partial charge < -0.3 is 14.9 Å². The Balaban J connectivity index is 1.90. The van der Waals surface area contributed by atoms with Gasteiger partial charge in [-0.15, -0.1) is 10.2 Å². The van der Waals surface area contributed by atoms with Crippen LogP contribution in [0.3, 0.4) is 0 Å². The van der Waals surface area contributed by atoms with Crippen molar-refractivity contribution in [2.75, 3.05) is 7.05 Å². The lowest BCUT2D eigenvalue weighted by Gasteiger charge is -2.12. The van der Waals surface area contributed by atoms with Crippen molar-refractivity contribution in [1.29, 1.82) is 5.26 Å². The first-order chi connectivity index (χ1) is 14.9. The van der Waals surface area contributed by atoms with Crippen LogP contribution in [0.1, 0.15) is 29.8 Å². The molecule has 1 aromatic heterocycles. The summed E-state index contributed by atoms with van der Waals surface area (Å²) in [7, 11) is 1.57. The van der Waals surface area contributed by atoms with Gasteiger partial charge in [-0.1, -0.05) is 29.3 Å². The van der Waals surface area contributed by atoms with Crippen LogP contribution in [-0.2, 0) is 6.42 Å². The van der Waals surface area contributed by atoms with Crippen LogP contribution < -0.4 is 10.5 Å². The Morgan fingerprint density at radius 3 is 2.77 bits per heavy atom. The van der Waals surface area contributed by atoms with Crippen molar-refractivity contribution in [3.8, 4) is 17.6 Å². The van der Waals surface area contributed by atoms with Gasteiger partial charge in [-0.05, 0) is 43.0 Å². The van der Waals surface area contributed by atoms with Crippen LogP contribution in [0.2, 0.25) is 10.0 Å². The number of rotatable bonds is 6. The van der Waals surface area contributed by atoms with Gasteiger partial charge in [-0.25, -0.2) is 4.39 Å². The second-order valence-electron chi connectivity index (χ2n) is 6.34. The number of allylic oxidation sites excluding steroid dienone is 1. The van der Waals surface area contributed by atoms with Gasteiger partial charge in [0.1, 0.15) is 11.5 Å². The lowest BCUT2D eigenvalue weighted by atomic mass is 10.1. The fourth-order valence-electron chi connectivity index (χ4n) is 2.71. The zero-order chi connectivity index (χ0) is 22.5. The van der Waals surface area contributed by atoms with E-state index in [1.807, 2.05) is 6.07 Å². The van der Waals surface area contributed by atoms with Crippen LogP contribution in [0, 0.1) is 17.1 Å². The van der Waals surface area contributed by atoms with E-state index in [0.29, 0.717) is 11.3 Å². The molecule has 10 heteroatoms. The Morgan fingerprint density at radius 1 is 1.32 bits per heavy atom. The fourth-order valence-corrected chi connectivity index (χ4v) is 3.12. The number of benzene rings is 2. The number of halogens is 3. The van der Waals surface area contributed by atoms with Crippen LogP contribution >= 0.6 is 23.2 Å². The van der Waals surface area contributed by atoms with Crippen molar-refractivity contribution >= 4 is 28.9 Å². The Hall–Kier alpha value is -3.41. The first-order valence-electron chi connectivity index (χ1n) is 8.90. The van der Waals surface area contributed by atoms with Gasteiger partial charge in [-0.3, -0.25) is 4.99 Å². The molecule has 0 atom stereocenters. The number of aromatic nitrogens is 2. The minimum atomic E-state index is -0.701. The van der Waals surface area contributed by atoms with Crippen molar-refractivity contribution in [1.82, 2.24) is 10.2 Å². The molecule has 7 nitrogen and oxygen atoms in total. The average molecular weight is 460 g/mol. The maximum Gasteiger partial charge on any atom is 0.266 e. The molecular formula is C21H16Cl2FN5O2. The van der Waals surface area contributed by atoms with Gasteiger partial charge in [0.2, 0.25) is 5.89 Å². The number of hydrogen-bond acceptors (Lipinski definition) is 7. The molecule has 0 aliphatic carbocycles. The first-order valence-corrected chi connectivity index (χ1v) is 9.65. The number of nitrogens with two attached hydrogens (primary N) is 1. The summed E-state index contributed by atoms with van der Waals surface area (Å²) < 4.78 is 26.4. The summed E-state index contributed by atoms with van der Waals surface area (Å²) in [6, 6.07) is 9.28. The van der Waals surface area contributed by atoms with Crippen LogP contribution in [0.15, 0.2) is 51.5 Å². The standard InChI is InChI=1S/C21H16Cl2FN5O2/c1-11(9-25)19(27-2)21-29-28-17(31-21)7-13-3-4-16(23)20(18(13)24)30-15-6-12(10-26)5-14(22)8-15/h3-6,8-9H,7,25H2,1-2H3/b11-9-,27-19?. The Kier molecular flexibility index (Phi) is 6.90. The molecule has 0 saturated heterocycles. The maximum absolute atomic E-state index is 15.2. The summed E-state index contributed by atoms with van der Waals surface area (Å²) in [5, 5.41) is 17.3. The van der Waals surface area contributed by atoms with Crippen molar-refractivity contribution in [2.45, 2.75) is 13.3 Å². The average Bonchev–Trinajstić information content (AvgIpc) is 3.21. The molecule has 0 aliphatic rings. The van der Waals surface area contributed by atoms with Crippen molar-refractivity contribution in [3.05, 3.63) is 80.9 Å². The zero-order valence-corrected chi connectivity index (χ0v) is 18.0. The molecule has 0 amide bonds. The third kappa shape index (κ3) is 5.02. The predicted octanol–water partition coefficient (Wildman–Crippen LogP) is 5.05. The minimum absolute atomic E-state index is 0.00622. The predicted molar refractivity (Wildman–Crippen MR) is 115 cm³/mol. The maximum atomic E-state index is 15.2. The van der Waals surface area contributed by atoms with E-state index < -0.39 is 5.82 Å². The van der Waals surface area contributed by atoms with Crippen LogP contribution in [0.5, 0.6) is 11.5 Å². The van der Waals surface area contributed by atoms with Crippen LogP contribution in [0.25, 0.3) is 0 Å².